The van der Waals surface area contributed by atoms with Crippen LogP contribution in [0.25, 0.3) is 0 Å². The molecule has 2 heterocycles. The third-order valence-electron chi connectivity index (χ3n) is 3.12. The van der Waals surface area contributed by atoms with Crippen LogP contribution in [0.1, 0.15) is 36.7 Å². The van der Waals surface area contributed by atoms with Gasteiger partial charge in [0.05, 0.1) is 0 Å². The minimum Gasteiger partial charge on any atom is -0.330 e. The van der Waals surface area contributed by atoms with Gasteiger partial charge in [0.2, 0.25) is 0 Å². The summed E-state index contributed by atoms with van der Waals surface area (Å²) in [7, 11) is 0. The lowest BCUT2D eigenvalue weighted by molar-refractivity contribution is 0.444. The van der Waals surface area contributed by atoms with Crippen molar-refractivity contribution in [1.82, 2.24) is 9.55 Å². The summed E-state index contributed by atoms with van der Waals surface area (Å²) in [4.78, 5) is 4.46. The molecule has 1 fully saturated rings. The van der Waals surface area contributed by atoms with Crippen LogP contribution in [-0.4, -0.2) is 15.6 Å². The maximum atomic E-state index is 5.95. The van der Waals surface area contributed by atoms with Crippen LogP contribution in [0.15, 0.2) is 6.20 Å². The van der Waals surface area contributed by atoms with Crippen LogP contribution in [-0.2, 0) is 13.0 Å². The van der Waals surface area contributed by atoms with E-state index in [9.17, 15) is 0 Å². The van der Waals surface area contributed by atoms with Crippen LogP contribution in [0.3, 0.4) is 0 Å². The molecule has 0 bridgehead atoms. The van der Waals surface area contributed by atoms with E-state index in [4.69, 9.17) is 5.73 Å². The fourth-order valence-corrected chi connectivity index (χ4v) is 2.18. The Kier molecular flexibility index (Phi) is 1.50. The van der Waals surface area contributed by atoms with Gasteiger partial charge in [0.1, 0.15) is 5.82 Å². The highest BCUT2D eigenvalue weighted by molar-refractivity contribution is 5.17. The molecule has 3 nitrogen and oxygen atoms in total. The molecule has 0 aromatic carbocycles. The van der Waals surface area contributed by atoms with Gasteiger partial charge >= 0.3 is 0 Å². The lowest BCUT2D eigenvalue weighted by Crippen LogP contribution is -2.32. The van der Waals surface area contributed by atoms with Crippen molar-refractivity contribution in [1.29, 1.82) is 0 Å². The van der Waals surface area contributed by atoms with Gasteiger partial charge in [-0.15, -0.1) is 0 Å². The average molecular weight is 177 g/mol. The molecule has 2 N–H and O–H groups in total. The first-order valence-corrected chi connectivity index (χ1v) is 5.14. The second-order valence-electron chi connectivity index (χ2n) is 4.28. The van der Waals surface area contributed by atoms with E-state index in [0.29, 0.717) is 6.04 Å². The number of hydrogen-bond acceptors (Lipinski definition) is 2. The minimum atomic E-state index is 0.346. The van der Waals surface area contributed by atoms with Gasteiger partial charge in [0.25, 0.3) is 0 Å². The summed E-state index contributed by atoms with van der Waals surface area (Å²) < 4.78 is 2.35. The number of imidazole rings is 1. The first-order chi connectivity index (χ1) is 6.34. The van der Waals surface area contributed by atoms with Crippen LogP contribution in [0, 0.1) is 0 Å². The third-order valence-corrected chi connectivity index (χ3v) is 3.12. The molecule has 70 valence electrons. The largest absolute Gasteiger partial charge is 0.330 e. The van der Waals surface area contributed by atoms with E-state index in [-0.39, 0.29) is 0 Å². The monoisotopic (exact) mass is 177 g/mol. The Labute approximate surface area is 78.0 Å². The van der Waals surface area contributed by atoms with Gasteiger partial charge in [-0.1, -0.05) is 0 Å². The Bertz CT molecular complexity index is 325. The molecule has 1 aromatic rings. The molecule has 0 radical (unpaired) electrons. The van der Waals surface area contributed by atoms with Gasteiger partial charge < -0.3 is 10.3 Å². The number of aromatic nitrogens is 2. The molecule has 3 heteroatoms. The number of nitrogens with zero attached hydrogens (tertiary/aromatic N) is 2. The molecule has 1 saturated carbocycles. The summed E-state index contributed by atoms with van der Waals surface area (Å²) in [5, 5.41) is 0. The van der Waals surface area contributed by atoms with Crippen molar-refractivity contribution in [2.45, 2.75) is 44.2 Å². The molecule has 2 aliphatic rings. The number of hydrogen-bond donors (Lipinski definition) is 1. The van der Waals surface area contributed by atoms with Crippen molar-refractivity contribution in [3.8, 4) is 0 Å². The second-order valence-corrected chi connectivity index (χ2v) is 4.28. The van der Waals surface area contributed by atoms with Crippen molar-refractivity contribution < 1.29 is 0 Å². The lowest BCUT2D eigenvalue weighted by atomic mass is 10.1. The molecule has 0 spiro atoms. The topological polar surface area (TPSA) is 43.8 Å². The smallest absolute Gasteiger partial charge is 0.108 e. The summed E-state index contributed by atoms with van der Waals surface area (Å²) in [5.74, 6) is 2.05. The van der Waals surface area contributed by atoms with Gasteiger partial charge in [-0.3, -0.25) is 0 Å². The van der Waals surface area contributed by atoms with E-state index in [2.05, 4.69) is 15.7 Å². The minimum absolute atomic E-state index is 0.346. The molecule has 3 rings (SSSR count). The summed E-state index contributed by atoms with van der Waals surface area (Å²) in [6, 6.07) is 0.346. The molecule has 13 heavy (non-hydrogen) atoms. The average Bonchev–Trinajstić information content (AvgIpc) is 2.87. The molecule has 0 unspecified atom stereocenters. The van der Waals surface area contributed by atoms with Crippen molar-refractivity contribution in [2.24, 2.45) is 5.73 Å². The highest BCUT2D eigenvalue weighted by atomic mass is 15.1. The molecule has 1 aliphatic heterocycles. The Morgan fingerprint density at radius 2 is 2.23 bits per heavy atom. The van der Waals surface area contributed by atoms with Crippen LogP contribution >= 0.6 is 0 Å². The van der Waals surface area contributed by atoms with E-state index in [1.54, 1.807) is 0 Å². The second kappa shape index (κ2) is 2.58. The van der Waals surface area contributed by atoms with Crippen molar-refractivity contribution in [2.75, 3.05) is 0 Å². The molecule has 0 amide bonds. The summed E-state index contributed by atoms with van der Waals surface area (Å²) >= 11 is 0. The van der Waals surface area contributed by atoms with Gasteiger partial charge in [-0.2, -0.15) is 0 Å². The molecule has 0 saturated heterocycles. The zero-order chi connectivity index (χ0) is 8.84. The number of aryl methyl sites for hydroxylation is 1. The molecular weight excluding hydrogens is 162 g/mol. The fraction of sp³-hybridized carbons (Fsp3) is 0.700. The molecule has 1 aliphatic carbocycles. The molecule has 1 aromatic heterocycles. The quantitative estimate of drug-likeness (QED) is 0.696. The van der Waals surface area contributed by atoms with E-state index >= 15 is 0 Å². The predicted octanol–water partition coefficient (Wildman–Crippen LogP) is 1.03. The van der Waals surface area contributed by atoms with E-state index in [0.717, 1.165) is 25.3 Å². The highest BCUT2D eigenvalue weighted by Gasteiger charge is 2.30. The zero-order valence-corrected chi connectivity index (χ0v) is 7.74. The van der Waals surface area contributed by atoms with E-state index in [1.165, 1.54) is 24.4 Å². The van der Waals surface area contributed by atoms with Crippen LogP contribution in [0.5, 0.6) is 0 Å². The predicted molar refractivity (Wildman–Crippen MR) is 50.5 cm³/mol. The van der Waals surface area contributed by atoms with Crippen LogP contribution < -0.4 is 5.73 Å². The first kappa shape index (κ1) is 7.56. The summed E-state index contributed by atoms with van der Waals surface area (Å²) in [6.45, 7) is 0.987. The number of nitrogens with two attached hydrogens (primary N) is 1. The van der Waals surface area contributed by atoms with Crippen LogP contribution in [0.2, 0.25) is 0 Å². The lowest BCUT2D eigenvalue weighted by Gasteiger charge is -2.21. The van der Waals surface area contributed by atoms with Gasteiger partial charge in [-0.25, -0.2) is 4.98 Å². The standard InChI is InChI=1S/C10H15N3/c11-8-3-4-10-12-5-9(7-1-2-7)13(10)6-8/h5,7-8H,1-4,6,11H2/t8-/m1/s1. The highest BCUT2D eigenvalue weighted by Crippen LogP contribution is 2.40. The Hall–Kier alpha value is -0.830. The maximum absolute atomic E-state index is 5.95. The van der Waals surface area contributed by atoms with E-state index in [1.807, 2.05) is 0 Å². The van der Waals surface area contributed by atoms with Crippen molar-refractivity contribution >= 4 is 0 Å². The van der Waals surface area contributed by atoms with Crippen molar-refractivity contribution in [3.63, 3.8) is 0 Å². The summed E-state index contributed by atoms with van der Waals surface area (Å²) in [5.41, 5.74) is 7.38. The maximum Gasteiger partial charge on any atom is 0.108 e. The molecular formula is C10H15N3. The normalized spacial score (nSPS) is 27.3. The van der Waals surface area contributed by atoms with Gasteiger partial charge in [0, 0.05) is 36.8 Å². The third kappa shape index (κ3) is 1.18. The Morgan fingerprint density at radius 1 is 1.38 bits per heavy atom. The Morgan fingerprint density at radius 3 is 3.00 bits per heavy atom. The van der Waals surface area contributed by atoms with E-state index < -0.39 is 0 Å². The van der Waals surface area contributed by atoms with Crippen molar-refractivity contribution in [3.05, 3.63) is 17.7 Å². The SMILES string of the molecule is N[C@@H]1CCc2ncc(C3CC3)n2C1. The number of fused-ring (bicyclic) bond motifs is 1. The summed E-state index contributed by atoms with van der Waals surface area (Å²) in [6.07, 6.45) is 6.92. The number of rotatable bonds is 1. The van der Waals surface area contributed by atoms with Crippen LogP contribution in [0.4, 0.5) is 0 Å². The molecule has 1 atom stereocenters. The first-order valence-electron chi connectivity index (χ1n) is 5.14. The van der Waals surface area contributed by atoms with Gasteiger partial charge in [-0.05, 0) is 19.3 Å². The fourth-order valence-electron chi connectivity index (χ4n) is 2.18. The Balaban J connectivity index is 1.99. The van der Waals surface area contributed by atoms with Gasteiger partial charge in [0.15, 0.2) is 0 Å². The zero-order valence-electron chi connectivity index (χ0n) is 7.74.